The molecule has 0 fully saturated rings. The lowest BCUT2D eigenvalue weighted by Crippen LogP contribution is -2.64. The standard InChI is InChI=1S/C21H33N3O2/c1-4-6-11-18(5-2)24-21(20(26)23-15(3)19(22)25)13-12-16-9-7-8-10-17(16)14-21/h7-10,15,18,24H,4-6,11-14H2,1-3H3,(H2,22,25)(H,23,26). The van der Waals surface area contributed by atoms with E-state index in [-0.39, 0.29) is 11.9 Å². The zero-order chi connectivity index (χ0) is 19.2. The lowest BCUT2D eigenvalue weighted by molar-refractivity contribution is -0.132. The summed E-state index contributed by atoms with van der Waals surface area (Å²) in [6.07, 6.45) is 6.52. The third-order valence-corrected chi connectivity index (χ3v) is 5.52. The van der Waals surface area contributed by atoms with E-state index in [1.54, 1.807) is 6.92 Å². The summed E-state index contributed by atoms with van der Waals surface area (Å²) in [5.41, 5.74) is 7.18. The van der Waals surface area contributed by atoms with Gasteiger partial charge in [-0.15, -0.1) is 0 Å². The largest absolute Gasteiger partial charge is 0.368 e. The molecule has 0 saturated heterocycles. The van der Waals surface area contributed by atoms with E-state index in [1.165, 1.54) is 11.1 Å². The number of amides is 2. The highest BCUT2D eigenvalue weighted by atomic mass is 16.2. The van der Waals surface area contributed by atoms with Crippen molar-refractivity contribution in [2.75, 3.05) is 0 Å². The molecule has 144 valence electrons. The highest BCUT2D eigenvalue weighted by molar-refractivity contribution is 5.92. The van der Waals surface area contributed by atoms with E-state index in [2.05, 4.69) is 36.6 Å². The van der Waals surface area contributed by atoms with E-state index in [4.69, 9.17) is 5.73 Å². The maximum atomic E-state index is 13.2. The predicted octanol–water partition coefficient (Wildman–Crippen LogP) is 2.46. The molecule has 1 aliphatic carbocycles. The number of aryl methyl sites for hydroxylation is 1. The Kier molecular flexibility index (Phi) is 7.21. The molecule has 0 radical (unpaired) electrons. The predicted molar refractivity (Wildman–Crippen MR) is 105 cm³/mol. The molecule has 5 heteroatoms. The van der Waals surface area contributed by atoms with E-state index in [0.29, 0.717) is 6.42 Å². The van der Waals surface area contributed by atoms with Crippen LogP contribution in [-0.4, -0.2) is 29.4 Å². The summed E-state index contributed by atoms with van der Waals surface area (Å²) in [5.74, 6) is -0.629. The van der Waals surface area contributed by atoms with Crippen LogP contribution in [0.2, 0.25) is 0 Å². The van der Waals surface area contributed by atoms with Crippen molar-refractivity contribution in [3.63, 3.8) is 0 Å². The lowest BCUT2D eigenvalue weighted by Gasteiger charge is -2.41. The summed E-state index contributed by atoms with van der Waals surface area (Å²) in [4.78, 5) is 24.6. The van der Waals surface area contributed by atoms with Gasteiger partial charge < -0.3 is 16.4 Å². The van der Waals surface area contributed by atoms with Crippen molar-refractivity contribution >= 4 is 11.8 Å². The Bertz CT molecular complexity index is 631. The summed E-state index contributed by atoms with van der Waals surface area (Å²) in [7, 11) is 0. The second-order valence-electron chi connectivity index (χ2n) is 7.52. The fourth-order valence-electron chi connectivity index (χ4n) is 3.74. The number of fused-ring (bicyclic) bond motifs is 1. The van der Waals surface area contributed by atoms with Gasteiger partial charge in [0, 0.05) is 6.04 Å². The molecule has 2 amide bonds. The zero-order valence-corrected chi connectivity index (χ0v) is 16.3. The molecule has 1 aromatic rings. The first-order chi connectivity index (χ1) is 12.4. The maximum Gasteiger partial charge on any atom is 0.241 e. The molecule has 2 rings (SSSR count). The van der Waals surface area contributed by atoms with Crippen molar-refractivity contribution in [2.45, 2.75) is 83.3 Å². The molecule has 5 nitrogen and oxygen atoms in total. The lowest BCUT2D eigenvalue weighted by atomic mass is 9.76. The number of rotatable bonds is 9. The Hall–Kier alpha value is -1.88. The van der Waals surface area contributed by atoms with Crippen LogP contribution in [0.25, 0.3) is 0 Å². The quantitative estimate of drug-likeness (QED) is 0.633. The summed E-state index contributed by atoms with van der Waals surface area (Å²) >= 11 is 0. The minimum Gasteiger partial charge on any atom is -0.368 e. The molecule has 0 spiro atoms. The van der Waals surface area contributed by atoms with Gasteiger partial charge in [-0.2, -0.15) is 0 Å². The summed E-state index contributed by atoms with van der Waals surface area (Å²) in [5, 5.41) is 6.51. The van der Waals surface area contributed by atoms with Gasteiger partial charge in [-0.1, -0.05) is 51.0 Å². The molecule has 3 unspecified atom stereocenters. The van der Waals surface area contributed by atoms with Gasteiger partial charge in [0.1, 0.15) is 11.6 Å². The number of carbonyl (C=O) groups excluding carboxylic acids is 2. The molecule has 26 heavy (non-hydrogen) atoms. The molecule has 3 atom stereocenters. The smallest absolute Gasteiger partial charge is 0.241 e. The second kappa shape index (κ2) is 9.17. The van der Waals surface area contributed by atoms with Gasteiger partial charge in [0.2, 0.25) is 11.8 Å². The minimum absolute atomic E-state index is 0.117. The molecule has 0 aliphatic heterocycles. The molecule has 0 heterocycles. The van der Waals surface area contributed by atoms with Gasteiger partial charge >= 0.3 is 0 Å². The van der Waals surface area contributed by atoms with Crippen LogP contribution in [0.15, 0.2) is 24.3 Å². The van der Waals surface area contributed by atoms with Crippen molar-refractivity contribution in [2.24, 2.45) is 5.73 Å². The molecular formula is C21H33N3O2. The average Bonchev–Trinajstić information content (AvgIpc) is 2.64. The number of benzene rings is 1. The van der Waals surface area contributed by atoms with Crippen molar-refractivity contribution in [1.82, 2.24) is 10.6 Å². The fraction of sp³-hybridized carbons (Fsp3) is 0.619. The number of unbranched alkanes of at least 4 members (excludes halogenated alkanes) is 1. The van der Waals surface area contributed by atoms with Crippen LogP contribution < -0.4 is 16.4 Å². The Balaban J connectivity index is 2.26. The maximum absolute atomic E-state index is 13.2. The van der Waals surface area contributed by atoms with Crippen LogP contribution in [0.4, 0.5) is 0 Å². The number of nitrogens with one attached hydrogen (secondary N) is 2. The van der Waals surface area contributed by atoms with Crippen LogP contribution >= 0.6 is 0 Å². The normalized spacial score (nSPS) is 21.5. The summed E-state index contributed by atoms with van der Waals surface area (Å²) in [6, 6.07) is 7.92. The molecule has 0 saturated carbocycles. The van der Waals surface area contributed by atoms with E-state index in [1.807, 2.05) is 12.1 Å². The number of nitrogens with two attached hydrogens (primary N) is 1. The topological polar surface area (TPSA) is 84.2 Å². The Morgan fingerprint density at radius 1 is 1.23 bits per heavy atom. The molecule has 1 aliphatic rings. The van der Waals surface area contributed by atoms with Gasteiger partial charge in [0.15, 0.2) is 0 Å². The van der Waals surface area contributed by atoms with Crippen LogP contribution in [0.1, 0.15) is 64.0 Å². The molecule has 4 N–H and O–H groups in total. The zero-order valence-electron chi connectivity index (χ0n) is 16.3. The van der Waals surface area contributed by atoms with Crippen molar-refractivity contribution < 1.29 is 9.59 Å². The van der Waals surface area contributed by atoms with Crippen molar-refractivity contribution in [3.8, 4) is 0 Å². The first-order valence-corrected chi connectivity index (χ1v) is 9.86. The van der Waals surface area contributed by atoms with Crippen LogP contribution in [0.5, 0.6) is 0 Å². The highest BCUT2D eigenvalue weighted by Gasteiger charge is 2.42. The number of hydrogen-bond donors (Lipinski definition) is 3. The molecular weight excluding hydrogens is 326 g/mol. The van der Waals surface area contributed by atoms with Gasteiger partial charge in [0.05, 0.1) is 0 Å². The number of carbonyl (C=O) groups is 2. The molecule has 0 bridgehead atoms. The van der Waals surface area contributed by atoms with Crippen LogP contribution in [0.3, 0.4) is 0 Å². The Morgan fingerprint density at radius 2 is 1.92 bits per heavy atom. The van der Waals surface area contributed by atoms with Crippen LogP contribution in [0, 0.1) is 0 Å². The van der Waals surface area contributed by atoms with E-state index in [0.717, 1.165) is 38.5 Å². The first kappa shape index (κ1) is 20.4. The average molecular weight is 360 g/mol. The fourth-order valence-corrected chi connectivity index (χ4v) is 3.74. The summed E-state index contributed by atoms with van der Waals surface area (Å²) in [6.45, 7) is 5.97. The Morgan fingerprint density at radius 3 is 2.54 bits per heavy atom. The third kappa shape index (κ3) is 4.85. The number of primary amides is 1. The summed E-state index contributed by atoms with van der Waals surface area (Å²) < 4.78 is 0. The van der Waals surface area contributed by atoms with E-state index < -0.39 is 17.5 Å². The third-order valence-electron chi connectivity index (χ3n) is 5.52. The van der Waals surface area contributed by atoms with Gasteiger partial charge in [0.25, 0.3) is 0 Å². The number of hydrogen-bond acceptors (Lipinski definition) is 3. The van der Waals surface area contributed by atoms with E-state index in [9.17, 15) is 9.59 Å². The first-order valence-electron chi connectivity index (χ1n) is 9.86. The highest BCUT2D eigenvalue weighted by Crippen LogP contribution is 2.30. The molecule has 1 aromatic carbocycles. The van der Waals surface area contributed by atoms with Gasteiger partial charge in [-0.25, -0.2) is 0 Å². The monoisotopic (exact) mass is 359 g/mol. The second-order valence-corrected chi connectivity index (χ2v) is 7.52. The van der Waals surface area contributed by atoms with Crippen molar-refractivity contribution in [1.29, 1.82) is 0 Å². The van der Waals surface area contributed by atoms with Crippen LogP contribution in [-0.2, 0) is 22.4 Å². The van der Waals surface area contributed by atoms with Crippen molar-refractivity contribution in [3.05, 3.63) is 35.4 Å². The Labute approximate surface area is 157 Å². The minimum atomic E-state index is -0.688. The van der Waals surface area contributed by atoms with E-state index >= 15 is 0 Å². The SMILES string of the molecule is CCCCC(CC)NC1(C(=O)NC(C)C(N)=O)CCc2ccccc2C1. The molecule has 0 aromatic heterocycles. The van der Waals surface area contributed by atoms with Gasteiger partial charge in [-0.05, 0) is 50.2 Å². The van der Waals surface area contributed by atoms with Gasteiger partial charge in [-0.3, -0.25) is 9.59 Å².